The molecule has 3 rings (SSSR count). The maximum absolute atomic E-state index is 10.8. The van der Waals surface area contributed by atoms with Crippen LogP contribution < -0.4 is 4.74 Å². The Morgan fingerprint density at radius 3 is 2.81 bits per heavy atom. The van der Waals surface area contributed by atoms with Crippen LogP contribution in [0.5, 0.6) is 5.75 Å². The number of non-ortho nitro benzene ring substituents is 1. The van der Waals surface area contributed by atoms with Crippen LogP contribution in [0.15, 0.2) is 48.7 Å². The van der Waals surface area contributed by atoms with Crippen molar-refractivity contribution in [1.82, 2.24) is 9.97 Å². The summed E-state index contributed by atoms with van der Waals surface area (Å²) < 4.78 is 5.15. The fraction of sp³-hybridized carbons (Fsp3) is 0.0667. The van der Waals surface area contributed by atoms with E-state index >= 15 is 0 Å². The number of aromatic nitrogens is 2. The highest BCUT2D eigenvalue weighted by Crippen LogP contribution is 2.24. The van der Waals surface area contributed by atoms with Gasteiger partial charge in [-0.2, -0.15) is 0 Å². The molecule has 1 aromatic heterocycles. The SMILES string of the molecule is COc1ccc2nc(-c3cccc([N+](=O)[O-])c3)ncc2c1. The van der Waals surface area contributed by atoms with Crippen molar-refractivity contribution in [2.24, 2.45) is 0 Å². The number of nitro groups is 1. The van der Waals surface area contributed by atoms with Crippen molar-refractivity contribution in [1.29, 1.82) is 0 Å². The molecule has 3 aromatic rings. The van der Waals surface area contributed by atoms with Crippen LogP contribution in [0.2, 0.25) is 0 Å². The van der Waals surface area contributed by atoms with Crippen molar-refractivity contribution in [3.05, 3.63) is 58.8 Å². The number of hydrogen-bond donors (Lipinski definition) is 0. The molecule has 6 heteroatoms. The number of hydrogen-bond acceptors (Lipinski definition) is 5. The van der Waals surface area contributed by atoms with Gasteiger partial charge in [0.25, 0.3) is 5.69 Å². The second-order valence-electron chi connectivity index (χ2n) is 4.43. The number of nitro benzene ring substituents is 1. The first-order valence-electron chi connectivity index (χ1n) is 6.23. The highest BCUT2D eigenvalue weighted by atomic mass is 16.6. The predicted molar refractivity (Wildman–Crippen MR) is 78.2 cm³/mol. The maximum Gasteiger partial charge on any atom is 0.270 e. The standard InChI is InChI=1S/C15H11N3O3/c1-21-13-5-6-14-11(8-13)9-16-15(17-14)10-3-2-4-12(7-10)18(19)20/h2-9H,1H3. The lowest BCUT2D eigenvalue weighted by Gasteiger charge is -2.04. The van der Waals surface area contributed by atoms with Crippen LogP contribution in [0.1, 0.15) is 0 Å². The molecule has 0 amide bonds. The van der Waals surface area contributed by atoms with Crippen LogP contribution in [-0.4, -0.2) is 22.0 Å². The molecular weight excluding hydrogens is 270 g/mol. The van der Waals surface area contributed by atoms with Gasteiger partial charge in [0.15, 0.2) is 5.82 Å². The summed E-state index contributed by atoms with van der Waals surface area (Å²) in [5.74, 6) is 1.19. The normalized spacial score (nSPS) is 10.5. The zero-order valence-electron chi connectivity index (χ0n) is 11.2. The van der Waals surface area contributed by atoms with E-state index in [0.29, 0.717) is 11.4 Å². The lowest BCUT2D eigenvalue weighted by molar-refractivity contribution is -0.384. The summed E-state index contributed by atoms with van der Waals surface area (Å²) in [6.07, 6.45) is 1.68. The van der Waals surface area contributed by atoms with Gasteiger partial charge in [0.2, 0.25) is 0 Å². The molecule has 0 unspecified atom stereocenters. The zero-order valence-corrected chi connectivity index (χ0v) is 11.2. The van der Waals surface area contributed by atoms with Gasteiger partial charge in [0.1, 0.15) is 5.75 Å². The van der Waals surface area contributed by atoms with Gasteiger partial charge < -0.3 is 4.74 Å². The van der Waals surface area contributed by atoms with Crippen molar-refractivity contribution in [2.45, 2.75) is 0 Å². The molecule has 0 spiro atoms. The molecule has 104 valence electrons. The third-order valence-electron chi connectivity index (χ3n) is 3.10. The molecule has 0 saturated carbocycles. The first-order valence-corrected chi connectivity index (χ1v) is 6.23. The molecule has 0 aliphatic heterocycles. The molecule has 2 aromatic carbocycles. The lowest BCUT2D eigenvalue weighted by atomic mass is 10.1. The Balaban J connectivity index is 2.08. The third-order valence-corrected chi connectivity index (χ3v) is 3.10. The Hall–Kier alpha value is -3.02. The Morgan fingerprint density at radius 2 is 2.05 bits per heavy atom. The Morgan fingerprint density at radius 1 is 1.19 bits per heavy atom. The lowest BCUT2D eigenvalue weighted by Crippen LogP contribution is -1.93. The van der Waals surface area contributed by atoms with Gasteiger partial charge in [-0.1, -0.05) is 12.1 Å². The number of rotatable bonds is 3. The van der Waals surface area contributed by atoms with E-state index in [9.17, 15) is 10.1 Å². The van der Waals surface area contributed by atoms with Crippen molar-refractivity contribution < 1.29 is 9.66 Å². The van der Waals surface area contributed by atoms with Crippen molar-refractivity contribution in [3.8, 4) is 17.1 Å². The molecule has 0 fully saturated rings. The Bertz CT molecular complexity index is 833. The minimum absolute atomic E-state index is 0.0194. The highest BCUT2D eigenvalue weighted by Gasteiger charge is 2.09. The molecular formula is C15H11N3O3. The largest absolute Gasteiger partial charge is 0.497 e. The number of methoxy groups -OCH3 is 1. The van der Waals surface area contributed by atoms with Crippen molar-refractivity contribution in [3.63, 3.8) is 0 Å². The van der Waals surface area contributed by atoms with Crippen LogP contribution in [0, 0.1) is 10.1 Å². The fourth-order valence-corrected chi connectivity index (χ4v) is 2.04. The van der Waals surface area contributed by atoms with Gasteiger partial charge >= 0.3 is 0 Å². The fourth-order valence-electron chi connectivity index (χ4n) is 2.04. The topological polar surface area (TPSA) is 78.2 Å². The monoisotopic (exact) mass is 281 g/mol. The molecule has 0 radical (unpaired) electrons. The van der Waals surface area contributed by atoms with Crippen molar-refractivity contribution >= 4 is 16.6 Å². The van der Waals surface area contributed by atoms with Gasteiger partial charge in [-0.15, -0.1) is 0 Å². The average molecular weight is 281 g/mol. The average Bonchev–Trinajstić information content (AvgIpc) is 2.54. The predicted octanol–water partition coefficient (Wildman–Crippen LogP) is 3.21. The summed E-state index contributed by atoms with van der Waals surface area (Å²) in [4.78, 5) is 19.1. The summed E-state index contributed by atoms with van der Waals surface area (Å²) in [7, 11) is 1.60. The first kappa shape index (κ1) is 13.0. The van der Waals surface area contributed by atoms with Gasteiger partial charge in [-0.25, -0.2) is 9.97 Å². The molecule has 0 bridgehead atoms. The molecule has 0 aliphatic rings. The van der Waals surface area contributed by atoms with E-state index in [1.807, 2.05) is 18.2 Å². The maximum atomic E-state index is 10.8. The minimum Gasteiger partial charge on any atom is -0.497 e. The molecule has 0 aliphatic carbocycles. The van der Waals surface area contributed by atoms with Crippen LogP contribution in [0.3, 0.4) is 0 Å². The Kier molecular flexibility index (Phi) is 3.19. The van der Waals surface area contributed by atoms with Gasteiger partial charge in [0.05, 0.1) is 17.5 Å². The summed E-state index contributed by atoms with van der Waals surface area (Å²) in [6, 6.07) is 11.8. The van der Waals surface area contributed by atoms with E-state index in [-0.39, 0.29) is 5.69 Å². The van der Waals surface area contributed by atoms with E-state index in [2.05, 4.69) is 9.97 Å². The second kappa shape index (κ2) is 5.16. The zero-order chi connectivity index (χ0) is 14.8. The third kappa shape index (κ3) is 2.51. The summed E-state index contributed by atoms with van der Waals surface area (Å²) >= 11 is 0. The molecule has 0 atom stereocenters. The number of fused-ring (bicyclic) bond motifs is 1. The quantitative estimate of drug-likeness (QED) is 0.544. The van der Waals surface area contributed by atoms with E-state index in [0.717, 1.165) is 16.7 Å². The number of ether oxygens (including phenoxy) is 1. The smallest absolute Gasteiger partial charge is 0.270 e. The van der Waals surface area contributed by atoms with Crippen LogP contribution in [0.25, 0.3) is 22.3 Å². The van der Waals surface area contributed by atoms with Crippen LogP contribution >= 0.6 is 0 Å². The van der Waals surface area contributed by atoms with Crippen LogP contribution in [0.4, 0.5) is 5.69 Å². The summed E-state index contributed by atoms with van der Waals surface area (Å²) in [5.41, 5.74) is 1.39. The molecule has 0 N–H and O–H groups in total. The Labute approximate surface area is 120 Å². The van der Waals surface area contributed by atoms with E-state index in [1.54, 1.807) is 25.4 Å². The molecule has 21 heavy (non-hydrogen) atoms. The van der Waals surface area contributed by atoms with Crippen molar-refractivity contribution in [2.75, 3.05) is 7.11 Å². The molecule has 6 nitrogen and oxygen atoms in total. The number of benzene rings is 2. The number of nitrogens with zero attached hydrogens (tertiary/aromatic N) is 3. The second-order valence-corrected chi connectivity index (χ2v) is 4.43. The molecule has 0 saturated heterocycles. The van der Waals surface area contributed by atoms with Gasteiger partial charge in [0, 0.05) is 29.3 Å². The minimum atomic E-state index is -0.435. The molecule has 1 heterocycles. The van der Waals surface area contributed by atoms with E-state index in [1.165, 1.54) is 12.1 Å². The highest BCUT2D eigenvalue weighted by molar-refractivity contribution is 5.81. The van der Waals surface area contributed by atoms with Gasteiger partial charge in [-0.3, -0.25) is 10.1 Å². The van der Waals surface area contributed by atoms with E-state index < -0.39 is 4.92 Å². The van der Waals surface area contributed by atoms with E-state index in [4.69, 9.17) is 4.74 Å². The van der Waals surface area contributed by atoms with Gasteiger partial charge in [-0.05, 0) is 18.2 Å². The summed E-state index contributed by atoms with van der Waals surface area (Å²) in [6.45, 7) is 0. The summed E-state index contributed by atoms with van der Waals surface area (Å²) in [5, 5.41) is 11.7. The van der Waals surface area contributed by atoms with Crippen LogP contribution in [-0.2, 0) is 0 Å². The first-order chi connectivity index (χ1) is 10.2.